The van der Waals surface area contributed by atoms with Gasteiger partial charge < -0.3 is 23.1 Å². The molecule has 7 heteroatoms. The molecule has 0 spiro atoms. The molecule has 2 aromatic rings. The minimum atomic E-state index is -2.75. The van der Waals surface area contributed by atoms with Crippen molar-refractivity contribution in [2.75, 3.05) is 13.2 Å². The second kappa shape index (κ2) is 11.8. The van der Waals surface area contributed by atoms with Crippen LogP contribution in [0.5, 0.6) is 0 Å². The summed E-state index contributed by atoms with van der Waals surface area (Å²) >= 11 is 0. The topological polar surface area (TPSA) is 46.2 Å². The molecule has 2 saturated heterocycles. The molecular formula is C34H52O5Si2. The van der Waals surface area contributed by atoms with E-state index in [0.29, 0.717) is 19.6 Å². The van der Waals surface area contributed by atoms with Gasteiger partial charge in [-0.3, -0.25) is 0 Å². The van der Waals surface area contributed by atoms with Gasteiger partial charge in [0.15, 0.2) is 14.1 Å². The van der Waals surface area contributed by atoms with E-state index in [2.05, 4.69) is 122 Å². The van der Waals surface area contributed by atoms with Crippen molar-refractivity contribution in [1.29, 1.82) is 0 Å². The van der Waals surface area contributed by atoms with Crippen LogP contribution in [0.25, 0.3) is 0 Å². The van der Waals surface area contributed by atoms with Crippen molar-refractivity contribution >= 4 is 27.0 Å². The Hall–Kier alpha value is -1.59. The first kappa shape index (κ1) is 32.3. The summed E-state index contributed by atoms with van der Waals surface area (Å²) in [4.78, 5) is 0. The summed E-state index contributed by atoms with van der Waals surface area (Å²) in [5.41, 5.74) is 1.00. The lowest BCUT2D eigenvalue weighted by Gasteiger charge is -2.48. The minimum absolute atomic E-state index is 0.0704. The van der Waals surface area contributed by atoms with Crippen LogP contribution in [0.1, 0.15) is 61.8 Å². The molecule has 2 aromatic carbocycles. The SMILES string of the molecule is C=C1C[C@H](O[Si](C)(C)C(C)(C)C)[C@@H](CO[Si](c2ccccc2)(c2ccccc2)C(C)(C)C)O[C@H]1[C@@H]1COC(C)(C)O1. The first-order chi connectivity index (χ1) is 19.0. The van der Waals surface area contributed by atoms with Gasteiger partial charge in [0, 0.05) is 0 Å². The molecule has 2 heterocycles. The molecule has 4 atom stereocenters. The number of hydrogen-bond donors (Lipinski definition) is 0. The highest BCUT2D eigenvalue weighted by molar-refractivity contribution is 6.99. The fourth-order valence-electron chi connectivity index (χ4n) is 5.88. The second-order valence-corrected chi connectivity index (χ2v) is 23.8. The molecule has 226 valence electrons. The van der Waals surface area contributed by atoms with Crippen LogP contribution in [0.4, 0.5) is 0 Å². The van der Waals surface area contributed by atoms with Gasteiger partial charge >= 0.3 is 0 Å². The van der Waals surface area contributed by atoms with Gasteiger partial charge in [0.1, 0.15) is 18.3 Å². The van der Waals surface area contributed by atoms with Crippen LogP contribution >= 0.6 is 0 Å². The van der Waals surface area contributed by atoms with E-state index in [4.69, 9.17) is 23.1 Å². The lowest BCUT2D eigenvalue weighted by Crippen LogP contribution is -2.67. The Morgan fingerprint density at radius 1 is 0.878 bits per heavy atom. The average molecular weight is 597 g/mol. The van der Waals surface area contributed by atoms with E-state index in [-0.39, 0.29) is 34.5 Å². The van der Waals surface area contributed by atoms with Crippen molar-refractivity contribution in [2.45, 2.75) is 115 Å². The Bertz CT molecular complexity index is 1130. The first-order valence-corrected chi connectivity index (χ1v) is 19.9. The third-order valence-corrected chi connectivity index (χ3v) is 18.6. The van der Waals surface area contributed by atoms with Gasteiger partial charge in [-0.2, -0.15) is 0 Å². The molecular weight excluding hydrogens is 545 g/mol. The van der Waals surface area contributed by atoms with E-state index in [1.54, 1.807) is 0 Å². The fourth-order valence-corrected chi connectivity index (χ4v) is 11.8. The summed E-state index contributed by atoms with van der Waals surface area (Å²) in [6.45, 7) is 27.6. The molecule has 0 aliphatic carbocycles. The quantitative estimate of drug-likeness (QED) is 0.247. The van der Waals surface area contributed by atoms with Crippen LogP contribution < -0.4 is 10.4 Å². The van der Waals surface area contributed by atoms with Crippen molar-refractivity contribution < 1.29 is 23.1 Å². The van der Waals surface area contributed by atoms with E-state index >= 15 is 0 Å². The highest BCUT2D eigenvalue weighted by Crippen LogP contribution is 2.42. The zero-order valence-corrected chi connectivity index (χ0v) is 29.0. The maximum atomic E-state index is 7.37. The van der Waals surface area contributed by atoms with Gasteiger partial charge in [-0.05, 0) is 59.4 Å². The molecule has 2 aliphatic rings. The third-order valence-electron chi connectivity index (χ3n) is 9.10. The van der Waals surface area contributed by atoms with E-state index in [1.807, 2.05) is 13.8 Å². The summed E-state index contributed by atoms with van der Waals surface area (Å²) in [6.07, 6.45) is -0.182. The number of ether oxygens (including phenoxy) is 3. The van der Waals surface area contributed by atoms with Crippen molar-refractivity contribution in [2.24, 2.45) is 0 Å². The van der Waals surface area contributed by atoms with Crippen molar-refractivity contribution in [3.05, 3.63) is 72.8 Å². The standard InChI is InChI=1S/C34H52O5Si2/c1-25-22-28(39-40(10,11)32(2,3)4)29(37-31(25)30-23-35-34(8,9)38-30)24-36-41(33(5,6)7,26-18-14-12-15-19-26)27-20-16-13-17-21-27/h12-21,28-31H,1,22-24H2,2-11H3/t28-,29+,30-,31+/m0/s1. The molecule has 0 saturated carbocycles. The van der Waals surface area contributed by atoms with Crippen LogP contribution in [0.15, 0.2) is 72.8 Å². The highest BCUT2D eigenvalue weighted by Gasteiger charge is 2.52. The van der Waals surface area contributed by atoms with E-state index in [9.17, 15) is 0 Å². The lowest BCUT2D eigenvalue weighted by molar-refractivity contribution is -0.174. The smallest absolute Gasteiger partial charge is 0.261 e. The van der Waals surface area contributed by atoms with Crippen molar-refractivity contribution in [3.8, 4) is 0 Å². The van der Waals surface area contributed by atoms with Gasteiger partial charge in [-0.25, -0.2) is 0 Å². The maximum Gasteiger partial charge on any atom is 0.261 e. The summed E-state index contributed by atoms with van der Waals surface area (Å²) in [6, 6.07) is 21.5. The Kier molecular flexibility index (Phi) is 9.33. The van der Waals surface area contributed by atoms with Crippen LogP contribution in [-0.2, 0) is 23.1 Å². The number of benzene rings is 2. The second-order valence-electron chi connectivity index (χ2n) is 14.7. The first-order valence-electron chi connectivity index (χ1n) is 15.0. The van der Waals surface area contributed by atoms with Gasteiger partial charge in [0.2, 0.25) is 0 Å². The van der Waals surface area contributed by atoms with Crippen LogP contribution in [0.2, 0.25) is 23.2 Å². The molecule has 0 N–H and O–H groups in total. The third kappa shape index (κ3) is 6.82. The predicted octanol–water partition coefficient (Wildman–Crippen LogP) is 6.82. The minimum Gasteiger partial charge on any atom is -0.411 e. The van der Waals surface area contributed by atoms with Gasteiger partial charge in [0.25, 0.3) is 8.32 Å². The molecule has 5 nitrogen and oxygen atoms in total. The van der Waals surface area contributed by atoms with Crippen LogP contribution in [0.3, 0.4) is 0 Å². The van der Waals surface area contributed by atoms with Gasteiger partial charge in [-0.15, -0.1) is 0 Å². The molecule has 0 amide bonds. The summed E-state index contributed by atoms with van der Waals surface area (Å²) in [7, 11) is -4.86. The number of rotatable bonds is 8. The highest BCUT2D eigenvalue weighted by atomic mass is 28.4. The van der Waals surface area contributed by atoms with Crippen LogP contribution in [0, 0.1) is 0 Å². The molecule has 2 aliphatic heterocycles. The van der Waals surface area contributed by atoms with Crippen LogP contribution in [-0.4, -0.2) is 60.1 Å². The fraction of sp³-hybridized carbons (Fsp3) is 0.588. The zero-order chi connectivity index (χ0) is 30.3. The monoisotopic (exact) mass is 596 g/mol. The summed E-state index contributed by atoms with van der Waals surface area (Å²) in [5, 5.41) is 2.45. The average Bonchev–Trinajstić information content (AvgIpc) is 3.24. The predicted molar refractivity (Wildman–Crippen MR) is 173 cm³/mol. The normalized spacial score (nSPS) is 25.9. The van der Waals surface area contributed by atoms with E-state index in [1.165, 1.54) is 10.4 Å². The summed E-state index contributed by atoms with van der Waals surface area (Å²) < 4.78 is 33.5. The molecule has 0 unspecified atom stereocenters. The Morgan fingerprint density at radius 3 is 1.85 bits per heavy atom. The maximum absolute atomic E-state index is 7.37. The summed E-state index contributed by atoms with van der Waals surface area (Å²) in [5.74, 6) is -0.635. The molecule has 2 fully saturated rings. The molecule has 0 radical (unpaired) electrons. The van der Waals surface area contributed by atoms with E-state index in [0.717, 1.165) is 5.57 Å². The van der Waals surface area contributed by atoms with Gasteiger partial charge in [-0.1, -0.05) is 109 Å². The zero-order valence-electron chi connectivity index (χ0n) is 27.0. The largest absolute Gasteiger partial charge is 0.411 e. The molecule has 0 bridgehead atoms. The molecule has 0 aromatic heterocycles. The molecule has 41 heavy (non-hydrogen) atoms. The Balaban J connectivity index is 1.72. The van der Waals surface area contributed by atoms with E-state index < -0.39 is 22.4 Å². The lowest BCUT2D eigenvalue weighted by atomic mass is 9.94. The Labute approximate surface area is 250 Å². The van der Waals surface area contributed by atoms with Gasteiger partial charge in [0.05, 0.1) is 19.3 Å². The number of hydrogen-bond acceptors (Lipinski definition) is 5. The molecule has 4 rings (SSSR count). The Morgan fingerprint density at radius 2 is 1.41 bits per heavy atom. The van der Waals surface area contributed by atoms with Crippen molar-refractivity contribution in [3.63, 3.8) is 0 Å². The van der Waals surface area contributed by atoms with Crippen molar-refractivity contribution in [1.82, 2.24) is 0 Å².